The molecule has 0 aromatic carbocycles. The molecule has 0 N–H and O–H groups in total. The van der Waals surface area contributed by atoms with Gasteiger partial charge in [-0.2, -0.15) is 4.37 Å². The fraction of sp³-hybridized carbons (Fsp3) is 0.818. The van der Waals surface area contributed by atoms with E-state index in [1.165, 1.54) is 43.9 Å². The maximum Gasteiger partial charge on any atom is 0.145 e. The third-order valence-electron chi connectivity index (χ3n) is 4.05. The molecule has 1 unspecified atom stereocenters. The summed E-state index contributed by atoms with van der Waals surface area (Å²) in [5.74, 6) is 3.45. The van der Waals surface area contributed by atoms with Crippen molar-refractivity contribution in [3.8, 4) is 0 Å². The quantitative estimate of drug-likeness (QED) is 0.763. The molecule has 1 saturated carbocycles. The molecule has 1 aromatic heterocycles. The molecule has 3 heterocycles. The first-order chi connectivity index (χ1) is 7.40. The van der Waals surface area contributed by atoms with Crippen LogP contribution >= 0.6 is 11.5 Å². The minimum atomic E-state index is 0.712. The van der Waals surface area contributed by atoms with Crippen LogP contribution in [0.1, 0.15) is 41.9 Å². The molecule has 1 aromatic rings. The van der Waals surface area contributed by atoms with Crippen LogP contribution in [0.2, 0.25) is 0 Å². The topological polar surface area (TPSA) is 29.0 Å². The molecule has 2 bridgehead atoms. The van der Waals surface area contributed by atoms with Crippen molar-refractivity contribution in [2.45, 2.75) is 31.1 Å². The summed E-state index contributed by atoms with van der Waals surface area (Å²) in [6.45, 7) is 3.86. The summed E-state index contributed by atoms with van der Waals surface area (Å²) in [6, 6.07) is 0. The number of nitrogens with zero attached hydrogens (tertiary/aromatic N) is 3. The van der Waals surface area contributed by atoms with Crippen molar-refractivity contribution >= 4 is 11.5 Å². The van der Waals surface area contributed by atoms with Crippen LogP contribution in [0, 0.1) is 5.92 Å². The molecule has 0 radical (unpaired) electrons. The smallest absolute Gasteiger partial charge is 0.145 e. The van der Waals surface area contributed by atoms with E-state index in [1.54, 1.807) is 11.5 Å². The van der Waals surface area contributed by atoms with Crippen LogP contribution in [0.3, 0.4) is 0 Å². The number of piperidine rings is 1. The Balaban J connectivity index is 1.60. The predicted octanol–water partition coefficient (Wildman–Crippen LogP) is 1.83. The van der Waals surface area contributed by atoms with Crippen LogP contribution in [0.5, 0.6) is 0 Å². The molecule has 1 aliphatic carbocycles. The number of hydrogen-bond donors (Lipinski definition) is 0. The highest BCUT2D eigenvalue weighted by molar-refractivity contribution is 7.05. The summed E-state index contributed by atoms with van der Waals surface area (Å²) in [6.07, 6.45) is 4.01. The van der Waals surface area contributed by atoms with Gasteiger partial charge in [-0.05, 0) is 43.3 Å². The lowest BCUT2D eigenvalue weighted by Crippen LogP contribution is -2.22. The van der Waals surface area contributed by atoms with Crippen molar-refractivity contribution < 1.29 is 0 Å². The van der Waals surface area contributed by atoms with Crippen molar-refractivity contribution in [2.24, 2.45) is 5.92 Å². The van der Waals surface area contributed by atoms with Crippen LogP contribution in [0.15, 0.2) is 0 Å². The second kappa shape index (κ2) is 3.01. The van der Waals surface area contributed by atoms with Crippen LogP contribution < -0.4 is 0 Å². The van der Waals surface area contributed by atoms with Gasteiger partial charge in [0.2, 0.25) is 0 Å². The normalized spacial score (nSPS) is 38.8. The molecule has 80 valence electrons. The summed E-state index contributed by atoms with van der Waals surface area (Å²) in [4.78, 5) is 7.33. The molecule has 3 aliphatic rings. The Bertz CT molecular complexity index is 385. The third kappa shape index (κ3) is 1.35. The largest absolute Gasteiger partial charge is 0.302 e. The van der Waals surface area contributed by atoms with Gasteiger partial charge >= 0.3 is 0 Å². The number of hydrogen-bond acceptors (Lipinski definition) is 4. The van der Waals surface area contributed by atoms with Gasteiger partial charge in [-0.25, -0.2) is 4.98 Å². The molecule has 4 rings (SSSR count). The Morgan fingerprint density at radius 1 is 1.20 bits per heavy atom. The van der Waals surface area contributed by atoms with Crippen LogP contribution in [0.25, 0.3) is 0 Å². The highest BCUT2D eigenvalue weighted by atomic mass is 32.1. The van der Waals surface area contributed by atoms with Gasteiger partial charge in [0.05, 0.1) is 0 Å². The zero-order valence-corrected chi connectivity index (χ0v) is 9.54. The van der Waals surface area contributed by atoms with E-state index in [4.69, 9.17) is 4.98 Å². The molecule has 3 fully saturated rings. The zero-order valence-electron chi connectivity index (χ0n) is 8.72. The molecule has 3 nitrogen and oxygen atoms in total. The summed E-state index contributed by atoms with van der Waals surface area (Å²) in [5.41, 5.74) is 0. The standard InChI is InChI=1S/C11H15N3S/c1-2-7(1)10-12-11(15-13-10)9-6-14-4-3-8(9)5-14/h7-9H,1-6H2/t8-,9+/m0/s1. The van der Waals surface area contributed by atoms with Gasteiger partial charge in [0.1, 0.15) is 10.8 Å². The molecule has 2 saturated heterocycles. The molecule has 0 spiro atoms. The van der Waals surface area contributed by atoms with Crippen molar-refractivity contribution in [1.29, 1.82) is 0 Å². The Morgan fingerprint density at radius 3 is 2.80 bits per heavy atom. The van der Waals surface area contributed by atoms with Gasteiger partial charge in [-0.3, -0.25) is 0 Å². The predicted molar refractivity (Wildman–Crippen MR) is 59.2 cm³/mol. The Hall–Kier alpha value is -0.480. The van der Waals surface area contributed by atoms with Crippen LogP contribution in [0.4, 0.5) is 0 Å². The highest BCUT2D eigenvalue weighted by Gasteiger charge is 2.41. The Kier molecular flexibility index (Phi) is 1.74. The van der Waals surface area contributed by atoms with E-state index in [2.05, 4.69) is 9.27 Å². The van der Waals surface area contributed by atoms with Gasteiger partial charge in [-0.1, -0.05) is 0 Å². The van der Waals surface area contributed by atoms with E-state index >= 15 is 0 Å². The van der Waals surface area contributed by atoms with Crippen LogP contribution in [-0.4, -0.2) is 33.9 Å². The van der Waals surface area contributed by atoms with Crippen molar-refractivity contribution in [2.75, 3.05) is 19.6 Å². The molecule has 4 heteroatoms. The highest BCUT2D eigenvalue weighted by Crippen LogP contribution is 2.43. The first-order valence-electron chi connectivity index (χ1n) is 5.96. The molecule has 3 atom stereocenters. The lowest BCUT2D eigenvalue weighted by atomic mass is 9.93. The molecule has 15 heavy (non-hydrogen) atoms. The number of aromatic nitrogens is 2. The molecule has 2 aliphatic heterocycles. The lowest BCUT2D eigenvalue weighted by Gasteiger charge is -2.19. The SMILES string of the molecule is C1CC1c1nsc([C@@H]2CN3CC[C@H]2C3)n1. The number of fused-ring (bicyclic) bond motifs is 2. The Morgan fingerprint density at radius 2 is 2.13 bits per heavy atom. The fourth-order valence-electron chi connectivity index (χ4n) is 2.97. The summed E-state index contributed by atoms with van der Waals surface area (Å²) < 4.78 is 4.52. The average molecular weight is 221 g/mol. The summed E-state index contributed by atoms with van der Waals surface area (Å²) in [7, 11) is 0. The van der Waals surface area contributed by atoms with E-state index in [0.717, 1.165) is 11.7 Å². The molecular weight excluding hydrogens is 206 g/mol. The van der Waals surface area contributed by atoms with E-state index in [-0.39, 0.29) is 0 Å². The van der Waals surface area contributed by atoms with Gasteiger partial charge in [0.25, 0.3) is 0 Å². The summed E-state index contributed by atoms with van der Waals surface area (Å²) >= 11 is 1.67. The van der Waals surface area contributed by atoms with Crippen molar-refractivity contribution in [1.82, 2.24) is 14.3 Å². The van der Waals surface area contributed by atoms with Gasteiger partial charge in [0.15, 0.2) is 0 Å². The third-order valence-corrected chi connectivity index (χ3v) is 4.91. The monoisotopic (exact) mass is 221 g/mol. The maximum absolute atomic E-state index is 4.75. The Labute approximate surface area is 93.7 Å². The number of rotatable bonds is 2. The molecular formula is C11H15N3S. The van der Waals surface area contributed by atoms with E-state index in [9.17, 15) is 0 Å². The van der Waals surface area contributed by atoms with Gasteiger partial charge < -0.3 is 4.90 Å². The molecule has 0 amide bonds. The van der Waals surface area contributed by atoms with E-state index in [1.807, 2.05) is 0 Å². The maximum atomic E-state index is 4.75. The van der Waals surface area contributed by atoms with Gasteiger partial charge in [0, 0.05) is 24.9 Å². The first kappa shape index (κ1) is 8.65. The second-order valence-corrected chi connectivity index (χ2v) is 5.96. The van der Waals surface area contributed by atoms with Crippen molar-refractivity contribution in [3.05, 3.63) is 10.8 Å². The minimum absolute atomic E-state index is 0.712. The van der Waals surface area contributed by atoms with Crippen molar-refractivity contribution in [3.63, 3.8) is 0 Å². The van der Waals surface area contributed by atoms with Gasteiger partial charge in [-0.15, -0.1) is 0 Å². The van der Waals surface area contributed by atoms with Crippen LogP contribution in [-0.2, 0) is 0 Å². The van der Waals surface area contributed by atoms with E-state index < -0.39 is 0 Å². The fourth-order valence-corrected chi connectivity index (χ4v) is 3.88. The second-order valence-electron chi connectivity index (χ2n) is 5.18. The average Bonchev–Trinajstić information content (AvgIpc) is 2.74. The lowest BCUT2D eigenvalue weighted by molar-refractivity contribution is 0.346. The first-order valence-corrected chi connectivity index (χ1v) is 6.73. The zero-order chi connectivity index (χ0) is 9.83. The van der Waals surface area contributed by atoms with E-state index in [0.29, 0.717) is 11.8 Å². The minimum Gasteiger partial charge on any atom is -0.302 e. The summed E-state index contributed by atoms with van der Waals surface area (Å²) in [5, 5.41) is 1.32.